The number of allylic oxidation sites excluding steroid dienone is 1. The van der Waals surface area contributed by atoms with Crippen molar-refractivity contribution in [3.63, 3.8) is 0 Å². The Morgan fingerprint density at radius 2 is 1.66 bits per heavy atom. The molecule has 4 atom stereocenters. The van der Waals surface area contributed by atoms with Crippen molar-refractivity contribution < 1.29 is 46.5 Å². The highest BCUT2D eigenvalue weighted by molar-refractivity contribution is 5.98. The van der Waals surface area contributed by atoms with Crippen LogP contribution >= 0.6 is 0 Å². The predicted molar refractivity (Wildman–Crippen MR) is 189 cm³/mol. The van der Waals surface area contributed by atoms with Crippen LogP contribution in [0.4, 0.5) is 13.2 Å². The molecule has 12 heteroatoms. The third-order valence-corrected chi connectivity index (χ3v) is 11.1. The number of esters is 2. The van der Waals surface area contributed by atoms with E-state index in [2.05, 4.69) is 11.4 Å². The van der Waals surface area contributed by atoms with Crippen LogP contribution in [0.2, 0.25) is 0 Å². The summed E-state index contributed by atoms with van der Waals surface area (Å²) in [5, 5.41) is 15.0. The molecule has 3 aromatic carbocycles. The number of benzene rings is 3. The number of rotatable bonds is 11. The fourth-order valence-electron chi connectivity index (χ4n) is 7.56. The van der Waals surface area contributed by atoms with Crippen molar-refractivity contribution in [2.75, 3.05) is 13.7 Å². The number of hydrogen-bond acceptors (Lipinski definition) is 8. The number of halogens is 3. The second kappa shape index (κ2) is 14.8. The number of nitrogens with zero attached hydrogens (tertiary/aromatic N) is 1. The van der Waals surface area contributed by atoms with Gasteiger partial charge in [0.15, 0.2) is 0 Å². The van der Waals surface area contributed by atoms with E-state index >= 15 is 0 Å². The molecule has 0 saturated heterocycles. The van der Waals surface area contributed by atoms with Gasteiger partial charge in [-0.15, -0.1) is 0 Å². The van der Waals surface area contributed by atoms with Gasteiger partial charge in [-0.2, -0.15) is 18.4 Å². The van der Waals surface area contributed by atoms with E-state index in [0.29, 0.717) is 32.1 Å². The van der Waals surface area contributed by atoms with Crippen molar-refractivity contribution in [2.24, 2.45) is 28.6 Å². The van der Waals surface area contributed by atoms with Gasteiger partial charge >= 0.3 is 18.1 Å². The molecule has 0 spiro atoms. The predicted octanol–water partition coefficient (Wildman–Crippen LogP) is 7.84. The number of carbonyl (C=O) groups excluding carboxylic acids is 3. The van der Waals surface area contributed by atoms with Crippen LogP contribution in [-0.2, 0) is 25.7 Å². The quantitative estimate of drug-likeness (QED) is 0.156. The Bertz CT molecular complexity index is 1950. The number of amides is 1. The van der Waals surface area contributed by atoms with E-state index in [0.717, 1.165) is 30.2 Å². The molecule has 0 aromatic heterocycles. The van der Waals surface area contributed by atoms with Crippen LogP contribution in [0.3, 0.4) is 0 Å². The summed E-state index contributed by atoms with van der Waals surface area (Å²) in [6, 6.07) is 18.0. The van der Waals surface area contributed by atoms with Gasteiger partial charge in [-0.3, -0.25) is 14.4 Å². The first-order chi connectivity index (χ1) is 25.1. The number of nitriles is 1. The summed E-state index contributed by atoms with van der Waals surface area (Å²) in [5.74, 6) is -2.78. The largest absolute Gasteiger partial charge is 0.496 e. The lowest BCUT2D eigenvalue weighted by Crippen LogP contribution is -2.47. The zero-order chi connectivity index (χ0) is 38.1. The number of methoxy groups -OCH3 is 1. The lowest BCUT2D eigenvalue weighted by Gasteiger charge is -2.35. The molecule has 3 aliphatic rings. The summed E-state index contributed by atoms with van der Waals surface area (Å²) in [6.45, 7) is 3.13. The fraction of sp³-hybridized carbons (Fsp3) is 0.463. The Hall–Kier alpha value is -5.05. The van der Waals surface area contributed by atoms with E-state index in [1.54, 1.807) is 0 Å². The first-order valence-corrected chi connectivity index (χ1v) is 17.8. The molecule has 9 nitrogen and oxygen atoms in total. The van der Waals surface area contributed by atoms with Gasteiger partial charge in [-0.05, 0) is 87.1 Å². The van der Waals surface area contributed by atoms with Gasteiger partial charge in [-0.25, -0.2) is 0 Å². The van der Waals surface area contributed by atoms with Gasteiger partial charge < -0.3 is 24.3 Å². The summed E-state index contributed by atoms with van der Waals surface area (Å²) in [4.78, 5) is 40.3. The maximum atomic E-state index is 13.8. The molecule has 280 valence electrons. The SMILES string of the molecule is COc1cc(C#N)c(OC2CCC(C)(C(=O)OCc3cccc4ccccc34)CC2)cc1C(=O)N[C@H]1[C@@H](C(=O)OCC(C)(C)C(F)(F)F)[C@H]2C=C[C@@H]1C2. The van der Waals surface area contributed by atoms with Crippen molar-refractivity contribution in [1.82, 2.24) is 5.32 Å². The van der Waals surface area contributed by atoms with Crippen LogP contribution in [0.1, 0.15) is 74.4 Å². The molecule has 1 N–H and O–H groups in total. The molecule has 53 heavy (non-hydrogen) atoms. The first-order valence-electron chi connectivity index (χ1n) is 17.8. The minimum Gasteiger partial charge on any atom is -0.496 e. The first kappa shape index (κ1) is 37.7. The lowest BCUT2D eigenvalue weighted by atomic mass is 9.74. The van der Waals surface area contributed by atoms with Crippen LogP contribution in [0.5, 0.6) is 11.5 Å². The molecule has 0 aliphatic heterocycles. The van der Waals surface area contributed by atoms with Crippen LogP contribution in [0.15, 0.2) is 66.7 Å². The fourth-order valence-corrected chi connectivity index (χ4v) is 7.56. The van der Waals surface area contributed by atoms with Crippen molar-refractivity contribution in [3.8, 4) is 17.6 Å². The second-order valence-corrected chi connectivity index (χ2v) is 15.2. The number of ether oxygens (including phenoxy) is 4. The van der Waals surface area contributed by atoms with E-state index in [4.69, 9.17) is 18.9 Å². The molecule has 0 radical (unpaired) electrons. The number of carbonyl (C=O) groups is 3. The van der Waals surface area contributed by atoms with Gasteiger partial charge in [0.25, 0.3) is 5.91 Å². The van der Waals surface area contributed by atoms with Gasteiger partial charge in [0.05, 0.1) is 41.1 Å². The average Bonchev–Trinajstić information content (AvgIpc) is 3.75. The zero-order valence-electron chi connectivity index (χ0n) is 30.1. The second-order valence-electron chi connectivity index (χ2n) is 15.2. The van der Waals surface area contributed by atoms with Crippen molar-refractivity contribution in [2.45, 2.75) is 77.8 Å². The van der Waals surface area contributed by atoms with Gasteiger partial charge in [-0.1, -0.05) is 54.6 Å². The normalized spacial score (nSPS) is 25.1. The molecular formula is C41H43F3N2O7. The standard InChI is InChI=1S/C41H43F3N2O7/c1-39(2,41(42,43)44)23-52-37(48)34-25-12-13-26(18-25)35(34)46-36(47)31-20-32(28(21-45)19-33(31)50-4)53-29-14-16-40(3,17-15-29)38(49)51-22-27-10-7-9-24-8-5-6-11-30(24)27/h5-13,19-20,25-26,29,34-35H,14-18,22-23H2,1-4H3,(H,46,47)/t25-,26+,29?,34-,35+,40?/m0/s1. The van der Waals surface area contributed by atoms with Crippen LogP contribution in [0, 0.1) is 39.9 Å². The molecule has 0 unspecified atom stereocenters. The van der Waals surface area contributed by atoms with Gasteiger partial charge in [0, 0.05) is 12.1 Å². The summed E-state index contributed by atoms with van der Waals surface area (Å²) in [7, 11) is 1.36. The highest BCUT2D eigenvalue weighted by atomic mass is 19.4. The van der Waals surface area contributed by atoms with E-state index in [9.17, 15) is 32.8 Å². The van der Waals surface area contributed by atoms with E-state index in [1.807, 2.05) is 61.5 Å². The highest BCUT2D eigenvalue weighted by Crippen LogP contribution is 2.46. The van der Waals surface area contributed by atoms with Crippen molar-refractivity contribution in [1.29, 1.82) is 5.26 Å². The molecule has 1 amide bonds. The minimum absolute atomic E-state index is 0.0660. The topological polar surface area (TPSA) is 124 Å². The van der Waals surface area contributed by atoms with E-state index < -0.39 is 47.4 Å². The Labute approximate surface area is 306 Å². The number of alkyl halides is 3. The highest BCUT2D eigenvalue weighted by Gasteiger charge is 2.52. The molecule has 6 rings (SSSR count). The van der Waals surface area contributed by atoms with Crippen LogP contribution in [-0.4, -0.2) is 49.9 Å². The average molecular weight is 733 g/mol. The minimum atomic E-state index is -4.57. The third kappa shape index (κ3) is 7.71. The molecule has 3 aromatic rings. The maximum absolute atomic E-state index is 13.8. The lowest BCUT2D eigenvalue weighted by molar-refractivity contribution is -0.227. The Morgan fingerprint density at radius 3 is 2.36 bits per heavy atom. The molecule has 3 aliphatic carbocycles. The van der Waals surface area contributed by atoms with Crippen LogP contribution < -0.4 is 14.8 Å². The third-order valence-electron chi connectivity index (χ3n) is 11.1. The van der Waals surface area contributed by atoms with Crippen molar-refractivity contribution in [3.05, 3.63) is 83.4 Å². The molecule has 2 fully saturated rings. The van der Waals surface area contributed by atoms with Gasteiger partial charge in [0.1, 0.15) is 30.8 Å². The number of fused-ring (bicyclic) bond motifs is 3. The number of nitrogens with one attached hydrogen (secondary N) is 1. The van der Waals surface area contributed by atoms with E-state index in [1.165, 1.54) is 19.2 Å². The Morgan fingerprint density at radius 1 is 0.962 bits per heavy atom. The summed E-state index contributed by atoms with van der Waals surface area (Å²) in [5.41, 5.74) is -1.81. The zero-order valence-corrected chi connectivity index (χ0v) is 30.1. The Balaban J connectivity index is 1.11. The van der Waals surface area contributed by atoms with Gasteiger partial charge in [0.2, 0.25) is 0 Å². The molecule has 0 heterocycles. The van der Waals surface area contributed by atoms with Crippen LogP contribution in [0.25, 0.3) is 10.8 Å². The number of hydrogen-bond donors (Lipinski definition) is 1. The molecule has 2 bridgehead atoms. The van der Waals surface area contributed by atoms with Crippen molar-refractivity contribution >= 4 is 28.6 Å². The van der Waals surface area contributed by atoms with E-state index in [-0.39, 0.29) is 53.1 Å². The molecular weight excluding hydrogens is 689 g/mol. The monoisotopic (exact) mass is 732 g/mol. The Kier molecular flexibility index (Phi) is 10.5. The molecule has 2 saturated carbocycles. The maximum Gasteiger partial charge on any atom is 0.397 e. The summed E-state index contributed by atoms with van der Waals surface area (Å²) >= 11 is 0. The smallest absolute Gasteiger partial charge is 0.397 e. The summed E-state index contributed by atoms with van der Waals surface area (Å²) in [6.07, 6.45) is 1.35. The summed E-state index contributed by atoms with van der Waals surface area (Å²) < 4.78 is 63.0.